The van der Waals surface area contributed by atoms with Gasteiger partial charge in [0.1, 0.15) is 0 Å². The van der Waals surface area contributed by atoms with Gasteiger partial charge < -0.3 is 15.1 Å². The van der Waals surface area contributed by atoms with Gasteiger partial charge >= 0.3 is 0 Å². The highest BCUT2D eigenvalue weighted by Crippen LogP contribution is 2.16. The van der Waals surface area contributed by atoms with Crippen molar-refractivity contribution in [3.63, 3.8) is 0 Å². The van der Waals surface area contributed by atoms with Crippen LogP contribution in [-0.2, 0) is 11.2 Å². The van der Waals surface area contributed by atoms with Gasteiger partial charge in [-0.15, -0.1) is 0 Å². The molecule has 0 unspecified atom stereocenters. The van der Waals surface area contributed by atoms with Crippen LogP contribution in [0.2, 0.25) is 0 Å². The number of nitrogens with zero attached hydrogens (tertiary/aromatic N) is 6. The van der Waals surface area contributed by atoms with E-state index in [9.17, 15) is 9.59 Å². The molecule has 36 heavy (non-hydrogen) atoms. The fourth-order valence-corrected chi connectivity index (χ4v) is 3.99. The summed E-state index contributed by atoms with van der Waals surface area (Å²) in [4.78, 5) is 46.5. The first-order chi connectivity index (χ1) is 17.7. The number of nitrogens with one attached hydrogen (secondary N) is 1. The number of anilines is 2. The molecule has 180 valence electrons. The number of carbonyl (C=O) groups excluding carboxylic acids is 2. The van der Waals surface area contributed by atoms with Crippen LogP contribution in [0.3, 0.4) is 0 Å². The lowest BCUT2D eigenvalue weighted by Crippen LogP contribution is -2.49. The Balaban J connectivity index is 1.12. The van der Waals surface area contributed by atoms with Crippen LogP contribution in [0.15, 0.2) is 85.5 Å². The molecule has 0 spiro atoms. The van der Waals surface area contributed by atoms with Crippen molar-refractivity contribution >= 4 is 23.5 Å². The van der Waals surface area contributed by atoms with Crippen molar-refractivity contribution in [2.24, 2.45) is 0 Å². The van der Waals surface area contributed by atoms with Crippen LogP contribution >= 0.6 is 0 Å². The van der Waals surface area contributed by atoms with Gasteiger partial charge in [-0.2, -0.15) is 0 Å². The van der Waals surface area contributed by atoms with Crippen LogP contribution in [-0.4, -0.2) is 62.8 Å². The third-order valence-electron chi connectivity index (χ3n) is 5.98. The quantitative estimate of drug-likeness (QED) is 0.453. The largest absolute Gasteiger partial charge is 0.339 e. The Hall–Kier alpha value is -4.66. The zero-order chi connectivity index (χ0) is 24.7. The maximum Gasteiger partial charge on any atom is 0.258 e. The van der Waals surface area contributed by atoms with Gasteiger partial charge in [-0.25, -0.2) is 19.9 Å². The van der Waals surface area contributed by atoms with E-state index < -0.39 is 0 Å². The lowest BCUT2D eigenvalue weighted by molar-refractivity contribution is -0.130. The molecule has 0 aliphatic carbocycles. The summed E-state index contributed by atoms with van der Waals surface area (Å²) in [7, 11) is 0. The van der Waals surface area contributed by atoms with Gasteiger partial charge in [0.2, 0.25) is 11.9 Å². The van der Waals surface area contributed by atoms with E-state index in [2.05, 4.69) is 30.2 Å². The average molecular weight is 480 g/mol. The first-order valence-corrected chi connectivity index (χ1v) is 11.7. The van der Waals surface area contributed by atoms with Crippen molar-refractivity contribution < 1.29 is 9.59 Å². The maximum absolute atomic E-state index is 12.8. The molecule has 1 aliphatic rings. The Morgan fingerprint density at radius 1 is 0.778 bits per heavy atom. The number of carbonyl (C=O) groups is 2. The molecule has 1 fully saturated rings. The molecule has 0 radical (unpaired) electrons. The molecule has 4 aromatic rings. The maximum atomic E-state index is 12.8. The van der Waals surface area contributed by atoms with E-state index in [0.717, 1.165) is 11.1 Å². The van der Waals surface area contributed by atoms with Crippen LogP contribution in [0.1, 0.15) is 15.9 Å². The number of aromatic nitrogens is 4. The molecule has 2 aromatic carbocycles. The lowest BCUT2D eigenvalue weighted by atomic mass is 10.1. The topological polar surface area (TPSA) is 104 Å². The number of amides is 2. The molecule has 5 rings (SSSR count). The molecule has 2 amide bonds. The standard InChI is InChI=1S/C27H25N7O2/c35-24(33-13-15-34(16-14-33)27-28-11-4-12-29-27)17-20-7-9-23(10-8-20)32-26(36)22-18-30-25(31-19-22)21-5-2-1-3-6-21/h1-12,18-19H,13-17H2,(H,32,36). The van der Waals surface area contributed by atoms with Crippen LogP contribution in [0, 0.1) is 0 Å². The second-order valence-electron chi connectivity index (χ2n) is 8.41. The first kappa shape index (κ1) is 23.1. The second kappa shape index (κ2) is 10.7. The van der Waals surface area contributed by atoms with Gasteiger partial charge in [-0.05, 0) is 23.8 Å². The highest BCUT2D eigenvalue weighted by Gasteiger charge is 2.22. The zero-order valence-corrected chi connectivity index (χ0v) is 19.6. The Kier molecular flexibility index (Phi) is 6.88. The SMILES string of the molecule is O=C(Nc1ccc(CC(=O)N2CCN(c3ncccn3)CC2)cc1)c1cnc(-c2ccccc2)nc1. The highest BCUT2D eigenvalue weighted by molar-refractivity contribution is 6.03. The molecule has 9 nitrogen and oxygen atoms in total. The summed E-state index contributed by atoms with van der Waals surface area (Å²) in [5.74, 6) is 1.05. The van der Waals surface area contributed by atoms with Gasteiger partial charge in [0.25, 0.3) is 5.91 Å². The predicted molar refractivity (Wildman–Crippen MR) is 136 cm³/mol. The third-order valence-corrected chi connectivity index (χ3v) is 5.98. The summed E-state index contributed by atoms with van der Waals surface area (Å²) in [6, 6.07) is 18.7. The summed E-state index contributed by atoms with van der Waals surface area (Å²) < 4.78 is 0. The molecule has 1 aliphatic heterocycles. The summed E-state index contributed by atoms with van der Waals surface area (Å²) in [6.07, 6.45) is 6.79. The number of piperazine rings is 1. The molecular weight excluding hydrogens is 454 g/mol. The molecule has 9 heteroatoms. The Morgan fingerprint density at radius 3 is 2.11 bits per heavy atom. The monoisotopic (exact) mass is 479 g/mol. The van der Waals surface area contributed by atoms with Gasteiger partial charge in [0, 0.05) is 62.2 Å². The van der Waals surface area contributed by atoms with Crippen LogP contribution < -0.4 is 10.2 Å². The minimum absolute atomic E-state index is 0.0797. The summed E-state index contributed by atoms with van der Waals surface area (Å²) >= 11 is 0. The van der Waals surface area contributed by atoms with Crippen LogP contribution in [0.4, 0.5) is 11.6 Å². The third kappa shape index (κ3) is 5.52. The second-order valence-corrected chi connectivity index (χ2v) is 8.41. The fraction of sp³-hybridized carbons (Fsp3) is 0.185. The van der Waals surface area contributed by atoms with Crippen LogP contribution in [0.5, 0.6) is 0 Å². The Morgan fingerprint density at radius 2 is 1.44 bits per heavy atom. The summed E-state index contributed by atoms with van der Waals surface area (Å²) in [5, 5.41) is 2.85. The Labute approximate surface area is 208 Å². The normalized spacial score (nSPS) is 13.3. The molecule has 1 N–H and O–H groups in total. The fourth-order valence-electron chi connectivity index (χ4n) is 3.99. The van der Waals surface area contributed by atoms with E-state index in [1.807, 2.05) is 47.4 Å². The molecule has 3 heterocycles. The number of rotatable bonds is 6. The number of hydrogen-bond donors (Lipinski definition) is 1. The lowest BCUT2D eigenvalue weighted by Gasteiger charge is -2.34. The smallest absolute Gasteiger partial charge is 0.258 e. The molecule has 0 bridgehead atoms. The zero-order valence-electron chi connectivity index (χ0n) is 19.6. The molecule has 2 aromatic heterocycles. The van der Waals surface area contributed by atoms with E-state index in [-0.39, 0.29) is 11.8 Å². The average Bonchev–Trinajstić information content (AvgIpc) is 2.95. The minimum atomic E-state index is -0.293. The summed E-state index contributed by atoms with van der Waals surface area (Å²) in [5.41, 5.74) is 2.79. The van der Waals surface area contributed by atoms with E-state index in [4.69, 9.17) is 0 Å². The van der Waals surface area contributed by atoms with Gasteiger partial charge in [-0.3, -0.25) is 9.59 Å². The van der Waals surface area contributed by atoms with Crippen molar-refractivity contribution in [1.29, 1.82) is 0 Å². The number of hydrogen-bond acceptors (Lipinski definition) is 7. The molecule has 0 atom stereocenters. The van der Waals surface area contributed by atoms with Crippen LogP contribution in [0.25, 0.3) is 11.4 Å². The van der Waals surface area contributed by atoms with Gasteiger partial charge in [0.15, 0.2) is 5.82 Å². The predicted octanol–water partition coefficient (Wildman–Crippen LogP) is 3.08. The van der Waals surface area contributed by atoms with E-state index in [1.54, 1.807) is 30.6 Å². The Bertz CT molecular complexity index is 1310. The van der Waals surface area contributed by atoms with E-state index in [1.165, 1.54) is 12.4 Å². The number of benzene rings is 2. The van der Waals surface area contributed by atoms with Crippen molar-refractivity contribution in [3.8, 4) is 11.4 Å². The van der Waals surface area contributed by atoms with E-state index >= 15 is 0 Å². The van der Waals surface area contributed by atoms with Gasteiger partial charge in [-0.1, -0.05) is 42.5 Å². The highest BCUT2D eigenvalue weighted by atomic mass is 16.2. The minimum Gasteiger partial charge on any atom is -0.339 e. The molecule has 1 saturated heterocycles. The summed E-state index contributed by atoms with van der Waals surface area (Å²) in [6.45, 7) is 2.68. The molecular formula is C27H25N7O2. The van der Waals surface area contributed by atoms with Gasteiger partial charge in [0.05, 0.1) is 12.0 Å². The van der Waals surface area contributed by atoms with Crippen molar-refractivity contribution in [3.05, 3.63) is 96.6 Å². The first-order valence-electron chi connectivity index (χ1n) is 11.7. The van der Waals surface area contributed by atoms with Crippen molar-refractivity contribution in [2.45, 2.75) is 6.42 Å². The van der Waals surface area contributed by atoms with E-state index in [0.29, 0.717) is 55.6 Å². The van der Waals surface area contributed by atoms with Crippen molar-refractivity contribution in [2.75, 3.05) is 36.4 Å². The molecule has 0 saturated carbocycles. The van der Waals surface area contributed by atoms with Crippen molar-refractivity contribution in [1.82, 2.24) is 24.8 Å².